The van der Waals surface area contributed by atoms with Crippen LogP contribution in [0.3, 0.4) is 0 Å². The van der Waals surface area contributed by atoms with Crippen LogP contribution >= 0.6 is 7.52 Å². The number of hydrogen-bond acceptors (Lipinski definition) is 12. The van der Waals surface area contributed by atoms with Gasteiger partial charge in [-0.15, -0.1) is 0 Å². The molecule has 290 valence electrons. The van der Waals surface area contributed by atoms with E-state index < -0.39 is 37.6 Å². The molecule has 4 atom stereocenters. The average molecular weight is 764 g/mol. The number of hydrogen-bond donors (Lipinski definition) is 3. The zero-order valence-electron chi connectivity index (χ0n) is 31.2. The third kappa shape index (κ3) is 11.8. The highest BCUT2D eigenvalue weighted by Crippen LogP contribution is 2.44. The highest BCUT2D eigenvalue weighted by Gasteiger charge is 2.33. The van der Waals surface area contributed by atoms with Crippen LogP contribution in [0.4, 0.5) is 5.82 Å². The van der Waals surface area contributed by atoms with Crippen LogP contribution < -0.4 is 20.7 Å². The van der Waals surface area contributed by atoms with Gasteiger partial charge in [0, 0.05) is 12.8 Å². The fourth-order valence-electron chi connectivity index (χ4n) is 6.07. The molecule has 2 heterocycles. The summed E-state index contributed by atoms with van der Waals surface area (Å²) in [5, 5.41) is 5.69. The van der Waals surface area contributed by atoms with Gasteiger partial charge in [0.25, 0.3) is 0 Å². The zero-order chi connectivity index (χ0) is 38.7. The monoisotopic (exact) mass is 763 g/mol. The third-order valence-electron chi connectivity index (χ3n) is 8.81. The number of aryl methyl sites for hydroxylation is 1. The van der Waals surface area contributed by atoms with Crippen LogP contribution in [0.5, 0.6) is 5.75 Å². The number of aromatic nitrogens is 4. The molecule has 0 aliphatic heterocycles. The molecule has 0 saturated heterocycles. The molecule has 2 aromatic carbocycles. The molecule has 54 heavy (non-hydrogen) atoms. The van der Waals surface area contributed by atoms with E-state index >= 15 is 0 Å². The number of nitrogens with zero attached hydrogens (tertiary/aromatic N) is 4. The summed E-state index contributed by atoms with van der Waals surface area (Å²) in [6, 6.07) is 14.5. The minimum absolute atomic E-state index is 0.157. The van der Waals surface area contributed by atoms with Gasteiger partial charge in [0.2, 0.25) is 5.91 Å². The number of rotatable bonds is 19. The Balaban J connectivity index is 1.26. The summed E-state index contributed by atoms with van der Waals surface area (Å²) in [6.45, 7) is 7.08. The summed E-state index contributed by atoms with van der Waals surface area (Å²) in [5.74, 6) is -0.833. The molecule has 0 bridgehead atoms. The number of carbonyl (C=O) groups is 3. The molecular weight excluding hydrogens is 713 g/mol. The SMILES string of the molecule is CC(C)OC(=O)[C@H](C)N[P@@](=O)(CO[C@H](C)Cn1cnc2c(N)ncnc21)Oc1ccc(C[C@H](NC(=O)CCc2ccccc2)C(=O)OC2CCCC2)cc1. The summed E-state index contributed by atoms with van der Waals surface area (Å²) in [4.78, 5) is 51.5. The van der Waals surface area contributed by atoms with E-state index in [9.17, 15) is 18.9 Å². The number of benzene rings is 2. The number of nitrogen functional groups attached to an aromatic ring is 1. The van der Waals surface area contributed by atoms with Crippen molar-refractivity contribution in [3.8, 4) is 5.75 Å². The highest BCUT2D eigenvalue weighted by molar-refractivity contribution is 7.57. The van der Waals surface area contributed by atoms with Crippen LogP contribution in [0.25, 0.3) is 11.2 Å². The number of carbonyl (C=O) groups excluding carboxylic acids is 3. The molecule has 1 fully saturated rings. The lowest BCUT2D eigenvalue weighted by Crippen LogP contribution is -2.44. The van der Waals surface area contributed by atoms with Gasteiger partial charge in [0.05, 0.1) is 25.1 Å². The largest absolute Gasteiger partial charge is 0.462 e. The normalized spacial score (nSPS) is 16.0. The minimum atomic E-state index is -3.90. The van der Waals surface area contributed by atoms with Crippen molar-refractivity contribution in [2.45, 2.75) is 110 Å². The Morgan fingerprint density at radius 3 is 2.37 bits per heavy atom. The Morgan fingerprint density at radius 1 is 0.944 bits per heavy atom. The Kier molecular flexibility index (Phi) is 14.2. The topological polar surface area (TPSA) is 199 Å². The second-order valence-electron chi connectivity index (χ2n) is 13.8. The predicted molar refractivity (Wildman–Crippen MR) is 202 cm³/mol. The van der Waals surface area contributed by atoms with E-state index in [1.54, 1.807) is 55.9 Å². The van der Waals surface area contributed by atoms with Gasteiger partial charge >= 0.3 is 19.5 Å². The molecule has 0 unspecified atom stereocenters. The first kappa shape index (κ1) is 40.3. The molecule has 1 aliphatic carbocycles. The van der Waals surface area contributed by atoms with Crippen LogP contribution in [0.1, 0.15) is 70.9 Å². The summed E-state index contributed by atoms with van der Waals surface area (Å²) in [7, 11) is -3.90. The van der Waals surface area contributed by atoms with Crippen LogP contribution in [0, 0.1) is 0 Å². The third-order valence-corrected chi connectivity index (χ3v) is 10.6. The lowest BCUT2D eigenvalue weighted by Gasteiger charge is -2.25. The fraction of sp³-hybridized carbons (Fsp3) is 0.474. The maximum Gasteiger partial charge on any atom is 0.342 e. The molecule has 5 rings (SSSR count). The molecule has 0 spiro atoms. The maximum atomic E-state index is 14.3. The van der Waals surface area contributed by atoms with Crippen LogP contribution in [-0.4, -0.2) is 74.1 Å². The number of nitrogens with one attached hydrogen (secondary N) is 2. The van der Waals surface area contributed by atoms with Crippen LogP contribution in [-0.2, 0) is 52.5 Å². The van der Waals surface area contributed by atoms with Crippen molar-refractivity contribution in [1.82, 2.24) is 29.9 Å². The smallest absolute Gasteiger partial charge is 0.342 e. The van der Waals surface area contributed by atoms with Gasteiger partial charge in [-0.05, 0) is 83.1 Å². The molecule has 0 radical (unpaired) electrons. The van der Waals surface area contributed by atoms with E-state index in [4.69, 9.17) is 24.5 Å². The summed E-state index contributed by atoms with van der Waals surface area (Å²) < 4.78 is 39.2. The van der Waals surface area contributed by atoms with E-state index in [1.807, 2.05) is 30.3 Å². The number of esters is 2. The number of nitrogens with two attached hydrogens (primary N) is 1. The zero-order valence-corrected chi connectivity index (χ0v) is 32.1. The van der Waals surface area contributed by atoms with E-state index in [0.29, 0.717) is 24.1 Å². The highest BCUT2D eigenvalue weighted by atomic mass is 31.2. The molecule has 16 heteroatoms. The predicted octanol–water partition coefficient (Wildman–Crippen LogP) is 5.12. The molecule has 1 amide bonds. The average Bonchev–Trinajstić information content (AvgIpc) is 3.81. The second-order valence-corrected chi connectivity index (χ2v) is 15.9. The summed E-state index contributed by atoms with van der Waals surface area (Å²) in [6.07, 6.45) is 6.07. The van der Waals surface area contributed by atoms with Crippen molar-refractivity contribution in [3.05, 3.63) is 78.4 Å². The first-order valence-electron chi connectivity index (χ1n) is 18.3. The number of amides is 1. The lowest BCUT2D eigenvalue weighted by molar-refractivity contribution is -0.152. The van der Waals surface area contributed by atoms with E-state index in [1.165, 1.54) is 13.3 Å². The summed E-state index contributed by atoms with van der Waals surface area (Å²) in [5.41, 5.74) is 8.66. The van der Waals surface area contributed by atoms with Gasteiger partial charge in [-0.3, -0.25) is 14.2 Å². The Hall–Kier alpha value is -4.85. The van der Waals surface area contributed by atoms with E-state index in [-0.39, 0.29) is 48.9 Å². The molecule has 4 N–H and O–H groups in total. The van der Waals surface area contributed by atoms with Gasteiger partial charge < -0.3 is 34.4 Å². The quantitative estimate of drug-likeness (QED) is 0.0841. The number of ether oxygens (including phenoxy) is 3. The first-order valence-corrected chi connectivity index (χ1v) is 20.1. The number of imidazole rings is 1. The minimum Gasteiger partial charge on any atom is -0.462 e. The van der Waals surface area contributed by atoms with Gasteiger partial charge in [0.15, 0.2) is 11.5 Å². The van der Waals surface area contributed by atoms with Crippen molar-refractivity contribution in [2.75, 3.05) is 12.1 Å². The molecular formula is C38H50N7O8P. The first-order chi connectivity index (χ1) is 25.9. The van der Waals surface area contributed by atoms with Crippen LogP contribution in [0.2, 0.25) is 0 Å². The lowest BCUT2D eigenvalue weighted by atomic mass is 10.0. The molecule has 15 nitrogen and oxygen atoms in total. The van der Waals surface area contributed by atoms with Gasteiger partial charge in [-0.25, -0.2) is 24.8 Å². The Bertz CT molecular complexity index is 1900. The number of anilines is 1. The molecule has 1 aliphatic rings. The van der Waals surface area contributed by atoms with Gasteiger partial charge in [0.1, 0.15) is 42.1 Å². The van der Waals surface area contributed by atoms with Gasteiger partial charge in [-0.2, -0.15) is 0 Å². The van der Waals surface area contributed by atoms with Crippen molar-refractivity contribution in [3.63, 3.8) is 0 Å². The standard InChI is InChI=1S/C38H50N7O8P/c1-25(2)51-37(47)27(4)44-54(49,24-50-26(3)21-45-23-42-34-35(39)40-22-41-36(34)45)53-31-17-14-29(15-18-31)20-32(38(48)52-30-12-8-9-13-30)43-33(46)19-16-28-10-6-5-7-11-28/h5-7,10-11,14-15,17-18,22-23,25-27,30,32H,8-9,12-13,16,19-21,24H2,1-4H3,(H,43,46)(H,44,49)(H2,39,40,41)/t26-,27+,32+,54-/m1/s1. The Labute approximate surface area is 315 Å². The van der Waals surface area contributed by atoms with E-state index in [2.05, 4.69) is 25.4 Å². The van der Waals surface area contributed by atoms with Crippen molar-refractivity contribution in [1.29, 1.82) is 0 Å². The van der Waals surface area contributed by atoms with Crippen molar-refractivity contribution < 1.29 is 37.7 Å². The maximum absolute atomic E-state index is 14.3. The van der Waals surface area contributed by atoms with Crippen molar-refractivity contribution >= 4 is 42.3 Å². The molecule has 2 aromatic heterocycles. The van der Waals surface area contributed by atoms with Gasteiger partial charge in [-0.1, -0.05) is 42.5 Å². The second kappa shape index (κ2) is 19.0. The molecule has 4 aromatic rings. The summed E-state index contributed by atoms with van der Waals surface area (Å²) >= 11 is 0. The Morgan fingerprint density at radius 2 is 1.67 bits per heavy atom. The fourth-order valence-corrected chi connectivity index (χ4v) is 7.86. The molecule has 1 saturated carbocycles. The number of fused-ring (bicyclic) bond motifs is 1. The van der Waals surface area contributed by atoms with E-state index in [0.717, 1.165) is 36.8 Å². The van der Waals surface area contributed by atoms with Crippen molar-refractivity contribution in [2.24, 2.45) is 0 Å². The van der Waals surface area contributed by atoms with Crippen LogP contribution in [0.15, 0.2) is 67.3 Å².